The Morgan fingerprint density at radius 2 is 1.35 bits per heavy atom. The lowest BCUT2D eigenvalue weighted by atomic mass is 9.89. The predicted octanol–water partition coefficient (Wildman–Crippen LogP) is 4.33. The van der Waals surface area contributed by atoms with E-state index in [1.165, 1.54) is 16.7 Å². The van der Waals surface area contributed by atoms with Gasteiger partial charge in [-0.2, -0.15) is 0 Å². The average molecular weight is 234 g/mol. The van der Waals surface area contributed by atoms with Gasteiger partial charge < -0.3 is 4.74 Å². The van der Waals surface area contributed by atoms with Crippen molar-refractivity contribution in [3.05, 3.63) is 28.3 Å². The minimum Gasteiger partial charge on any atom is -0.494 e. The molecule has 0 atom stereocenters. The monoisotopic (exact) mass is 234 g/mol. The molecule has 0 spiro atoms. The van der Waals surface area contributed by atoms with Gasteiger partial charge in [0.2, 0.25) is 0 Å². The van der Waals surface area contributed by atoms with Gasteiger partial charge in [0.15, 0.2) is 0 Å². The Bertz CT molecular complexity index is 366. The summed E-state index contributed by atoms with van der Waals surface area (Å²) in [7, 11) is 0. The smallest absolute Gasteiger partial charge is 0.123 e. The highest BCUT2D eigenvalue weighted by molar-refractivity contribution is 5.50. The largest absolute Gasteiger partial charge is 0.494 e. The van der Waals surface area contributed by atoms with Gasteiger partial charge in [-0.15, -0.1) is 0 Å². The summed E-state index contributed by atoms with van der Waals surface area (Å²) in [5.41, 5.74) is 5.96. The van der Waals surface area contributed by atoms with E-state index in [1.54, 1.807) is 5.56 Å². The second-order valence-corrected chi connectivity index (χ2v) is 4.32. The van der Waals surface area contributed by atoms with E-state index in [0.29, 0.717) is 0 Å². The van der Waals surface area contributed by atoms with Gasteiger partial charge in [0.25, 0.3) is 0 Å². The Morgan fingerprint density at radius 3 is 1.76 bits per heavy atom. The van der Waals surface area contributed by atoms with Crippen molar-refractivity contribution >= 4 is 0 Å². The fourth-order valence-electron chi connectivity index (χ4n) is 2.71. The molecule has 0 bridgehead atoms. The molecule has 0 aliphatic heterocycles. The van der Waals surface area contributed by atoms with Gasteiger partial charge in [-0.3, -0.25) is 0 Å². The fourth-order valence-corrected chi connectivity index (χ4v) is 2.71. The molecule has 0 saturated carbocycles. The van der Waals surface area contributed by atoms with E-state index in [9.17, 15) is 0 Å². The summed E-state index contributed by atoms with van der Waals surface area (Å²) in [4.78, 5) is 0. The second-order valence-electron chi connectivity index (χ2n) is 4.32. The molecule has 0 fully saturated rings. The molecule has 0 amide bonds. The third-order valence-electron chi connectivity index (χ3n) is 3.46. The standard InChI is InChI=1S/C16H26O/c1-6-12-11-16(17-10-5)15(9-4)14(8-3)13(12)7-2/h11H,6-10H2,1-5H3. The van der Waals surface area contributed by atoms with Crippen LogP contribution in [0.4, 0.5) is 0 Å². The fraction of sp³-hybridized carbons (Fsp3) is 0.625. The first-order chi connectivity index (χ1) is 8.23. The summed E-state index contributed by atoms with van der Waals surface area (Å²) in [6.45, 7) is 11.8. The van der Waals surface area contributed by atoms with Crippen molar-refractivity contribution < 1.29 is 4.74 Å². The number of rotatable bonds is 6. The molecule has 0 saturated heterocycles. The highest BCUT2D eigenvalue weighted by atomic mass is 16.5. The van der Waals surface area contributed by atoms with Crippen molar-refractivity contribution in [2.75, 3.05) is 6.61 Å². The maximum Gasteiger partial charge on any atom is 0.123 e. The zero-order valence-corrected chi connectivity index (χ0v) is 12.0. The molecule has 0 radical (unpaired) electrons. The zero-order valence-electron chi connectivity index (χ0n) is 12.0. The molecule has 0 aromatic heterocycles. The molecule has 0 unspecified atom stereocenters. The van der Waals surface area contributed by atoms with Crippen molar-refractivity contribution in [1.29, 1.82) is 0 Å². The quantitative estimate of drug-likeness (QED) is 0.711. The molecule has 1 heteroatoms. The van der Waals surface area contributed by atoms with Crippen LogP contribution in [0, 0.1) is 0 Å². The van der Waals surface area contributed by atoms with E-state index in [0.717, 1.165) is 38.0 Å². The lowest BCUT2D eigenvalue weighted by Crippen LogP contribution is -2.06. The van der Waals surface area contributed by atoms with Crippen LogP contribution in [0.25, 0.3) is 0 Å². The molecule has 0 N–H and O–H groups in total. The van der Waals surface area contributed by atoms with E-state index in [-0.39, 0.29) is 0 Å². The third-order valence-corrected chi connectivity index (χ3v) is 3.46. The Morgan fingerprint density at radius 1 is 0.765 bits per heavy atom. The molecule has 96 valence electrons. The number of aryl methyl sites for hydroxylation is 1. The Balaban J connectivity index is 3.42. The van der Waals surface area contributed by atoms with E-state index < -0.39 is 0 Å². The minimum atomic E-state index is 0.755. The van der Waals surface area contributed by atoms with Gasteiger partial charge in [0.1, 0.15) is 5.75 Å². The molecule has 1 rings (SSSR count). The highest BCUT2D eigenvalue weighted by Gasteiger charge is 2.14. The van der Waals surface area contributed by atoms with E-state index in [1.807, 2.05) is 0 Å². The van der Waals surface area contributed by atoms with Crippen LogP contribution in [0.2, 0.25) is 0 Å². The van der Waals surface area contributed by atoms with Gasteiger partial charge in [0.05, 0.1) is 6.61 Å². The summed E-state index contributed by atoms with van der Waals surface area (Å²) < 4.78 is 5.81. The molecule has 0 aliphatic carbocycles. The molecular formula is C16H26O. The molecular weight excluding hydrogens is 208 g/mol. The Kier molecular flexibility index (Phi) is 5.54. The van der Waals surface area contributed by atoms with Crippen molar-refractivity contribution in [1.82, 2.24) is 0 Å². The van der Waals surface area contributed by atoms with Gasteiger partial charge in [-0.1, -0.05) is 27.7 Å². The van der Waals surface area contributed by atoms with Crippen LogP contribution < -0.4 is 4.74 Å². The predicted molar refractivity (Wildman–Crippen MR) is 75.1 cm³/mol. The van der Waals surface area contributed by atoms with Crippen LogP contribution in [0.15, 0.2) is 6.07 Å². The Hall–Kier alpha value is -0.980. The first kappa shape index (κ1) is 14.1. The number of ether oxygens (including phenoxy) is 1. The molecule has 0 aliphatic rings. The minimum absolute atomic E-state index is 0.755. The van der Waals surface area contributed by atoms with Crippen LogP contribution in [0.5, 0.6) is 5.75 Å². The van der Waals surface area contributed by atoms with Gasteiger partial charge in [-0.25, -0.2) is 0 Å². The van der Waals surface area contributed by atoms with Crippen LogP contribution in [-0.2, 0) is 25.7 Å². The highest BCUT2D eigenvalue weighted by Crippen LogP contribution is 2.31. The summed E-state index contributed by atoms with van der Waals surface area (Å²) in [6, 6.07) is 2.26. The van der Waals surface area contributed by atoms with E-state index >= 15 is 0 Å². The third kappa shape index (κ3) is 2.83. The van der Waals surface area contributed by atoms with E-state index in [2.05, 4.69) is 40.7 Å². The molecule has 1 nitrogen and oxygen atoms in total. The van der Waals surface area contributed by atoms with Crippen molar-refractivity contribution in [2.24, 2.45) is 0 Å². The zero-order chi connectivity index (χ0) is 12.8. The van der Waals surface area contributed by atoms with Gasteiger partial charge >= 0.3 is 0 Å². The lowest BCUT2D eigenvalue weighted by molar-refractivity contribution is 0.336. The topological polar surface area (TPSA) is 9.23 Å². The van der Waals surface area contributed by atoms with Gasteiger partial charge in [0, 0.05) is 0 Å². The SMILES string of the molecule is CCOc1cc(CC)c(CC)c(CC)c1CC. The van der Waals surface area contributed by atoms with Crippen LogP contribution in [-0.4, -0.2) is 6.61 Å². The maximum atomic E-state index is 5.81. The molecule has 0 heterocycles. The number of hydrogen-bond acceptors (Lipinski definition) is 1. The second kappa shape index (κ2) is 6.68. The Labute approximate surface area is 106 Å². The normalized spacial score (nSPS) is 10.6. The summed E-state index contributed by atoms with van der Waals surface area (Å²) in [5, 5.41) is 0. The molecule has 1 aromatic rings. The van der Waals surface area contributed by atoms with Crippen molar-refractivity contribution in [3.8, 4) is 5.75 Å². The first-order valence-electron chi connectivity index (χ1n) is 7.02. The average Bonchev–Trinajstić information content (AvgIpc) is 2.37. The summed E-state index contributed by atoms with van der Waals surface area (Å²) >= 11 is 0. The van der Waals surface area contributed by atoms with Crippen molar-refractivity contribution in [2.45, 2.75) is 60.3 Å². The van der Waals surface area contributed by atoms with Crippen molar-refractivity contribution in [3.63, 3.8) is 0 Å². The van der Waals surface area contributed by atoms with Crippen LogP contribution in [0.1, 0.15) is 56.9 Å². The van der Waals surface area contributed by atoms with Crippen LogP contribution >= 0.6 is 0 Å². The van der Waals surface area contributed by atoms with E-state index in [4.69, 9.17) is 4.74 Å². The number of benzene rings is 1. The first-order valence-corrected chi connectivity index (χ1v) is 7.02. The summed E-state index contributed by atoms with van der Waals surface area (Å²) in [6.07, 6.45) is 4.40. The maximum absolute atomic E-state index is 5.81. The molecule has 17 heavy (non-hydrogen) atoms. The summed E-state index contributed by atoms with van der Waals surface area (Å²) in [5.74, 6) is 1.11. The molecule has 1 aromatic carbocycles. The lowest BCUT2D eigenvalue weighted by Gasteiger charge is -2.20. The van der Waals surface area contributed by atoms with Crippen LogP contribution in [0.3, 0.4) is 0 Å². The number of hydrogen-bond donors (Lipinski definition) is 0. The van der Waals surface area contributed by atoms with Gasteiger partial charge in [-0.05, 0) is 60.9 Å².